The zero-order valence-electron chi connectivity index (χ0n) is 14.0. The molecule has 0 fully saturated rings. The van der Waals surface area contributed by atoms with Gasteiger partial charge in [-0.05, 0) is 18.2 Å². The molecule has 0 saturated heterocycles. The molecule has 8 heteroatoms. The van der Waals surface area contributed by atoms with E-state index in [0.717, 1.165) is 0 Å². The van der Waals surface area contributed by atoms with Crippen LogP contribution < -0.4 is 10.9 Å². The van der Waals surface area contributed by atoms with Crippen molar-refractivity contribution in [2.45, 2.75) is 24.4 Å². The number of nitrogens with one attached hydrogen (secondary N) is 2. The molecule has 2 aromatic rings. The lowest BCUT2D eigenvalue weighted by molar-refractivity contribution is -0.117. The number of aromatic nitrogens is 1. The van der Waals surface area contributed by atoms with Crippen LogP contribution >= 0.6 is 0 Å². The molecular formula is C17H18N2O6. The Balaban J connectivity index is 2.41. The third kappa shape index (κ3) is 4.04. The van der Waals surface area contributed by atoms with Crippen molar-refractivity contribution in [1.82, 2.24) is 4.98 Å². The molecule has 0 radical (unpaired) electrons. The van der Waals surface area contributed by atoms with Crippen molar-refractivity contribution in [1.29, 1.82) is 0 Å². The van der Waals surface area contributed by atoms with Gasteiger partial charge in [0, 0.05) is 22.7 Å². The molecule has 8 nitrogen and oxygen atoms in total. The molecule has 132 valence electrons. The second-order valence-corrected chi connectivity index (χ2v) is 5.41. The Bertz CT molecular complexity index is 893. The molecule has 0 bridgehead atoms. The molecule has 1 heterocycles. The van der Waals surface area contributed by atoms with Crippen molar-refractivity contribution >= 4 is 22.9 Å². The van der Waals surface area contributed by atoms with Crippen LogP contribution in [0.2, 0.25) is 1.41 Å². The number of terminal acetylenes is 1. The van der Waals surface area contributed by atoms with Crippen LogP contribution in [-0.2, 0) is 4.79 Å². The third-order valence-corrected chi connectivity index (χ3v) is 3.70. The standard InChI is InChI=1S/C17H18N2O6/c1-2-9-5-15(23)19-12-6-10(3-4-11(9)12)18-13(7-20)16(24)17(25)14(22)8-21/h1,3-7,13-14,16-18,21-22,24-25H,8H2,(H,19,23)/t13-,14+,16+,17+/m0/s1/i/hD. The zero-order chi connectivity index (χ0) is 19.4. The zero-order valence-corrected chi connectivity index (χ0v) is 13.0. The Hall–Kier alpha value is -2.70. The van der Waals surface area contributed by atoms with Crippen LogP contribution in [0.25, 0.3) is 10.9 Å². The lowest BCUT2D eigenvalue weighted by atomic mass is 10.0. The highest BCUT2D eigenvalue weighted by atomic mass is 16.4. The highest BCUT2D eigenvalue weighted by Gasteiger charge is 2.31. The summed E-state index contributed by atoms with van der Waals surface area (Å²) in [6, 6.07) is 4.11. The SMILES string of the molecule is [2H]N(c1ccc2c(C#C)cc(=O)[nH]c2c1)[C@@H](C=O)[C@@H](O)[C@H](O)[C@H](O)CO. The van der Waals surface area contributed by atoms with Crippen molar-refractivity contribution in [3.05, 3.63) is 40.2 Å². The Labute approximate surface area is 144 Å². The van der Waals surface area contributed by atoms with Gasteiger partial charge in [-0.1, -0.05) is 5.92 Å². The molecular weight excluding hydrogens is 328 g/mol. The molecule has 0 aliphatic carbocycles. The van der Waals surface area contributed by atoms with Crippen molar-refractivity contribution < 1.29 is 26.6 Å². The summed E-state index contributed by atoms with van der Waals surface area (Å²) in [7, 11) is 0. The van der Waals surface area contributed by atoms with Crippen LogP contribution in [0.3, 0.4) is 0 Å². The van der Waals surface area contributed by atoms with E-state index in [0.29, 0.717) is 21.8 Å². The number of aliphatic hydroxyl groups excluding tert-OH is 4. The minimum atomic E-state index is -1.84. The molecule has 2 rings (SSSR count). The largest absolute Gasteiger partial charge is 0.394 e. The van der Waals surface area contributed by atoms with Crippen LogP contribution in [0.4, 0.5) is 5.69 Å². The van der Waals surface area contributed by atoms with Gasteiger partial charge in [0.25, 0.3) is 0 Å². The summed E-state index contributed by atoms with van der Waals surface area (Å²) >= 11 is 0. The maximum Gasteiger partial charge on any atom is 0.249 e. The Morgan fingerprint density at radius 2 is 2.04 bits per heavy atom. The van der Waals surface area contributed by atoms with E-state index in [4.69, 9.17) is 12.9 Å². The number of aliphatic hydroxyl groups is 4. The number of H-pyrrole nitrogens is 1. The lowest BCUT2D eigenvalue weighted by Crippen LogP contribution is -2.49. The lowest BCUT2D eigenvalue weighted by Gasteiger charge is -2.26. The first-order valence-electron chi connectivity index (χ1n) is 7.81. The average Bonchev–Trinajstić information content (AvgIpc) is 2.65. The summed E-state index contributed by atoms with van der Waals surface area (Å²) in [5, 5.41) is 39.2. The summed E-state index contributed by atoms with van der Waals surface area (Å²) < 4.78 is 8.07. The monoisotopic (exact) mass is 347 g/mol. The van der Waals surface area contributed by atoms with Gasteiger partial charge in [0.05, 0.1) is 12.1 Å². The first-order valence-corrected chi connectivity index (χ1v) is 7.36. The van der Waals surface area contributed by atoms with Gasteiger partial charge >= 0.3 is 0 Å². The number of carbonyl (C=O) groups excluding carboxylic acids is 1. The van der Waals surface area contributed by atoms with E-state index < -0.39 is 36.5 Å². The van der Waals surface area contributed by atoms with Crippen molar-refractivity contribution in [2.24, 2.45) is 0 Å². The van der Waals surface area contributed by atoms with E-state index in [1.54, 1.807) is 6.07 Å². The molecule has 0 saturated carbocycles. The highest BCUT2D eigenvalue weighted by molar-refractivity contribution is 5.87. The van der Waals surface area contributed by atoms with Gasteiger partial charge in [0.15, 0.2) is 1.41 Å². The van der Waals surface area contributed by atoms with Crippen LogP contribution in [-0.4, -0.2) is 62.7 Å². The molecule has 4 atom stereocenters. The van der Waals surface area contributed by atoms with Crippen molar-refractivity contribution in [2.75, 3.05) is 11.9 Å². The predicted octanol–water partition coefficient (Wildman–Crippen LogP) is -1.44. The predicted molar refractivity (Wildman–Crippen MR) is 91.1 cm³/mol. The molecule has 1 aromatic heterocycles. The van der Waals surface area contributed by atoms with Gasteiger partial charge in [-0.15, -0.1) is 6.42 Å². The normalized spacial score (nSPS) is 16.4. The maximum atomic E-state index is 11.6. The highest BCUT2D eigenvalue weighted by Crippen LogP contribution is 2.20. The molecule has 0 amide bonds. The summed E-state index contributed by atoms with van der Waals surface area (Å²) in [6.07, 6.45) is 0.252. The molecule has 0 spiro atoms. The first kappa shape index (κ1) is 17.1. The van der Waals surface area contributed by atoms with Gasteiger partial charge in [0.2, 0.25) is 5.56 Å². The van der Waals surface area contributed by atoms with E-state index >= 15 is 0 Å². The Kier molecular flexibility index (Phi) is 5.42. The van der Waals surface area contributed by atoms with Crippen molar-refractivity contribution in [3.8, 4) is 12.3 Å². The smallest absolute Gasteiger partial charge is 0.249 e. The fourth-order valence-electron chi connectivity index (χ4n) is 2.34. The number of pyridine rings is 1. The number of fused-ring (bicyclic) bond motifs is 1. The minimum absolute atomic E-state index is 0.129. The number of carbonyl (C=O) groups is 1. The molecule has 1 aromatic carbocycles. The average molecular weight is 347 g/mol. The maximum absolute atomic E-state index is 11.6. The number of anilines is 1. The van der Waals surface area contributed by atoms with E-state index in [1.165, 1.54) is 18.2 Å². The second-order valence-electron chi connectivity index (χ2n) is 5.41. The van der Waals surface area contributed by atoms with E-state index in [1.807, 2.05) is 0 Å². The van der Waals surface area contributed by atoms with Crippen molar-refractivity contribution in [3.63, 3.8) is 0 Å². The van der Waals surface area contributed by atoms with Gasteiger partial charge in [-0.25, -0.2) is 0 Å². The summed E-state index contributed by atoms with van der Waals surface area (Å²) in [4.78, 5) is 25.5. The van der Waals surface area contributed by atoms with Crippen LogP contribution in [0, 0.1) is 12.3 Å². The number of aromatic amines is 1. The fourth-order valence-corrected chi connectivity index (χ4v) is 2.34. The third-order valence-electron chi connectivity index (χ3n) is 3.70. The fraction of sp³-hybridized carbons (Fsp3) is 0.294. The summed E-state index contributed by atoms with van der Waals surface area (Å²) in [6.45, 7) is -0.826. The molecule has 25 heavy (non-hydrogen) atoms. The first-order chi connectivity index (χ1) is 12.3. The van der Waals surface area contributed by atoms with Crippen LogP contribution in [0.1, 0.15) is 5.56 Å². The minimum Gasteiger partial charge on any atom is -0.394 e. The van der Waals surface area contributed by atoms with E-state index in [9.17, 15) is 24.9 Å². The van der Waals surface area contributed by atoms with Gasteiger partial charge in [0.1, 0.15) is 30.6 Å². The topological polar surface area (TPSA) is 143 Å². The quantitative estimate of drug-likeness (QED) is 0.266. The Morgan fingerprint density at radius 1 is 1.32 bits per heavy atom. The second kappa shape index (κ2) is 7.92. The molecule has 0 aliphatic rings. The number of aldehydes is 1. The molecule has 0 unspecified atom stereocenters. The number of hydrogen-bond acceptors (Lipinski definition) is 7. The number of rotatable bonds is 7. The van der Waals surface area contributed by atoms with Gasteiger partial charge < -0.3 is 35.5 Å². The van der Waals surface area contributed by atoms with Crippen LogP contribution in [0.5, 0.6) is 0 Å². The summed E-state index contributed by atoms with van der Waals surface area (Å²) in [5.41, 5.74) is 0.382. The van der Waals surface area contributed by atoms with Gasteiger partial charge in [-0.2, -0.15) is 0 Å². The molecule has 6 N–H and O–H groups in total. The summed E-state index contributed by atoms with van der Waals surface area (Å²) in [5.74, 6) is 2.38. The van der Waals surface area contributed by atoms with E-state index in [-0.39, 0.29) is 12.0 Å². The van der Waals surface area contributed by atoms with Gasteiger partial charge in [-0.3, -0.25) is 4.79 Å². The Morgan fingerprint density at radius 3 is 2.64 bits per heavy atom. The molecule has 0 aliphatic heterocycles. The van der Waals surface area contributed by atoms with Crippen LogP contribution in [0.15, 0.2) is 29.1 Å². The van der Waals surface area contributed by atoms with E-state index in [2.05, 4.69) is 10.9 Å². The number of benzene rings is 1. The number of hydrogen-bond donors (Lipinski definition) is 6.